The predicted octanol–water partition coefficient (Wildman–Crippen LogP) is 5.56. The second-order valence-corrected chi connectivity index (χ2v) is 16.5. The first-order chi connectivity index (χ1) is 12.8. The highest BCUT2D eigenvalue weighted by Gasteiger charge is 2.59. The molecule has 3 rings (SSSR count). The van der Waals surface area contributed by atoms with Gasteiger partial charge in [0.15, 0.2) is 14.6 Å². The van der Waals surface area contributed by atoms with Crippen LogP contribution in [0.25, 0.3) is 0 Å². The van der Waals surface area contributed by atoms with E-state index < -0.39 is 8.32 Å². The molecule has 1 heterocycles. The van der Waals surface area contributed by atoms with Gasteiger partial charge in [-0.15, -0.1) is 0 Å². The van der Waals surface area contributed by atoms with Gasteiger partial charge in [-0.05, 0) is 54.1 Å². The summed E-state index contributed by atoms with van der Waals surface area (Å²) < 4.78 is 18.4. The zero-order valence-corrected chi connectivity index (χ0v) is 20.4. The summed E-state index contributed by atoms with van der Waals surface area (Å²) in [6, 6.07) is 0. The van der Waals surface area contributed by atoms with E-state index in [0.717, 1.165) is 25.7 Å². The van der Waals surface area contributed by atoms with Crippen molar-refractivity contribution in [2.45, 2.75) is 104 Å². The minimum Gasteiger partial charge on any atom is -0.413 e. The van der Waals surface area contributed by atoms with E-state index >= 15 is 0 Å². The smallest absolute Gasteiger partial charge is 0.192 e. The lowest BCUT2D eigenvalue weighted by atomic mass is 9.47. The minimum atomic E-state index is -1.83. The Balaban J connectivity index is 1.82. The Kier molecular flexibility index (Phi) is 5.99. The van der Waals surface area contributed by atoms with E-state index in [1.54, 1.807) is 0 Å². The molecule has 3 fully saturated rings. The zero-order valence-electron chi connectivity index (χ0n) is 19.4. The summed E-state index contributed by atoms with van der Waals surface area (Å²) in [5, 5.41) is 0.214. The topological polar surface area (TPSA) is 44.8 Å². The number of carbonyl (C=O) groups is 1. The fraction of sp³-hybridized carbons (Fsp3) is 0.957. The third kappa shape index (κ3) is 3.89. The molecule has 28 heavy (non-hydrogen) atoms. The summed E-state index contributed by atoms with van der Waals surface area (Å²) in [5.41, 5.74) is 0.0836. The zero-order chi connectivity index (χ0) is 21.0. The highest BCUT2D eigenvalue weighted by Crippen LogP contribution is 2.61. The summed E-state index contributed by atoms with van der Waals surface area (Å²) >= 11 is 0. The molecule has 0 aromatic carbocycles. The highest BCUT2D eigenvalue weighted by atomic mass is 28.4. The fourth-order valence-corrected chi connectivity index (χ4v) is 7.38. The molecule has 0 spiro atoms. The predicted molar refractivity (Wildman–Crippen MR) is 115 cm³/mol. The molecule has 0 unspecified atom stereocenters. The molecule has 2 aliphatic carbocycles. The number of hydrogen-bond donors (Lipinski definition) is 0. The average Bonchev–Trinajstić information content (AvgIpc) is 3.06. The van der Waals surface area contributed by atoms with Gasteiger partial charge < -0.3 is 13.9 Å². The number of ether oxygens (including phenoxy) is 2. The Hall–Kier alpha value is -0.233. The van der Waals surface area contributed by atoms with E-state index in [9.17, 15) is 4.79 Å². The Labute approximate surface area is 173 Å². The van der Waals surface area contributed by atoms with Crippen LogP contribution < -0.4 is 0 Å². The molecular formula is C23H42O4Si. The molecule has 162 valence electrons. The van der Waals surface area contributed by atoms with Crippen molar-refractivity contribution >= 4 is 14.1 Å². The Bertz CT molecular complexity index is 588. The van der Waals surface area contributed by atoms with Crippen molar-refractivity contribution in [3.8, 4) is 0 Å². The van der Waals surface area contributed by atoms with Crippen LogP contribution >= 0.6 is 0 Å². The van der Waals surface area contributed by atoms with Gasteiger partial charge >= 0.3 is 0 Å². The minimum absolute atomic E-state index is 0.0153. The molecule has 2 saturated carbocycles. The van der Waals surface area contributed by atoms with Crippen LogP contribution in [0.3, 0.4) is 0 Å². The lowest BCUT2D eigenvalue weighted by Crippen LogP contribution is -2.59. The number of carbonyl (C=O) groups excluding carboxylic acids is 1. The van der Waals surface area contributed by atoms with Crippen LogP contribution in [0.2, 0.25) is 18.1 Å². The molecule has 0 aromatic heterocycles. The third-order valence-corrected chi connectivity index (χ3v) is 13.2. The van der Waals surface area contributed by atoms with Crippen molar-refractivity contribution in [1.82, 2.24) is 0 Å². The van der Waals surface area contributed by atoms with Crippen molar-refractivity contribution in [2.24, 2.45) is 22.7 Å². The third-order valence-electron chi connectivity index (χ3n) is 8.70. The van der Waals surface area contributed by atoms with Crippen molar-refractivity contribution in [3.63, 3.8) is 0 Å². The molecule has 1 saturated heterocycles. The maximum Gasteiger partial charge on any atom is 0.192 e. The summed E-state index contributed by atoms with van der Waals surface area (Å²) in [6.45, 7) is 20.1. The van der Waals surface area contributed by atoms with Gasteiger partial charge in [0.25, 0.3) is 0 Å². The summed E-state index contributed by atoms with van der Waals surface area (Å²) in [7, 11) is -1.83. The van der Waals surface area contributed by atoms with Gasteiger partial charge in [0.2, 0.25) is 0 Å². The normalized spacial score (nSPS) is 37.1. The SMILES string of the molecule is CC1(C)[C@@H](O[Si](C)(C)C(C)(C)C)CC[C@]2(C)[C@H](CC3OCCO3)C(=O)CC[C@@H]12. The number of fused-ring (bicyclic) bond motifs is 1. The molecule has 0 aromatic rings. The first-order valence-corrected chi connectivity index (χ1v) is 14.1. The first kappa shape index (κ1) is 22.5. The highest BCUT2D eigenvalue weighted by molar-refractivity contribution is 6.74. The van der Waals surface area contributed by atoms with Crippen molar-refractivity contribution in [3.05, 3.63) is 0 Å². The maximum atomic E-state index is 13.0. The lowest BCUT2D eigenvalue weighted by molar-refractivity contribution is -0.166. The fourth-order valence-electron chi connectivity index (χ4n) is 5.89. The molecule has 3 aliphatic rings. The molecule has 0 amide bonds. The molecule has 0 N–H and O–H groups in total. The van der Waals surface area contributed by atoms with Gasteiger partial charge in [0, 0.05) is 18.8 Å². The van der Waals surface area contributed by atoms with E-state index in [0.29, 0.717) is 31.3 Å². The Morgan fingerprint density at radius 1 is 1.11 bits per heavy atom. The Morgan fingerprint density at radius 2 is 1.71 bits per heavy atom. The molecule has 4 nitrogen and oxygen atoms in total. The second kappa shape index (κ2) is 7.47. The molecular weight excluding hydrogens is 368 g/mol. The largest absolute Gasteiger partial charge is 0.413 e. The number of ketones is 1. The van der Waals surface area contributed by atoms with E-state index in [1.165, 1.54) is 0 Å². The molecule has 5 heteroatoms. The average molecular weight is 411 g/mol. The second-order valence-electron chi connectivity index (χ2n) is 11.7. The van der Waals surface area contributed by atoms with Gasteiger partial charge in [-0.25, -0.2) is 0 Å². The number of hydrogen-bond acceptors (Lipinski definition) is 4. The van der Waals surface area contributed by atoms with Gasteiger partial charge in [-0.1, -0.05) is 41.5 Å². The van der Waals surface area contributed by atoms with Crippen LogP contribution in [0.4, 0.5) is 0 Å². The van der Waals surface area contributed by atoms with Gasteiger partial charge in [-0.3, -0.25) is 4.79 Å². The van der Waals surface area contributed by atoms with Crippen LogP contribution in [0, 0.1) is 22.7 Å². The number of rotatable bonds is 4. The molecule has 0 bridgehead atoms. The van der Waals surface area contributed by atoms with Gasteiger partial charge in [0.1, 0.15) is 5.78 Å². The van der Waals surface area contributed by atoms with E-state index in [1.807, 2.05) is 0 Å². The van der Waals surface area contributed by atoms with Gasteiger partial charge in [0.05, 0.1) is 19.3 Å². The maximum absolute atomic E-state index is 13.0. The van der Waals surface area contributed by atoms with Crippen LogP contribution in [-0.2, 0) is 18.7 Å². The number of Topliss-reactive ketones (excluding diaryl/α,β-unsaturated/α-hetero) is 1. The first-order valence-electron chi connectivity index (χ1n) is 11.2. The van der Waals surface area contributed by atoms with Crippen LogP contribution in [0.1, 0.15) is 73.6 Å². The van der Waals surface area contributed by atoms with Crippen LogP contribution in [0.15, 0.2) is 0 Å². The van der Waals surface area contributed by atoms with Crippen molar-refractivity contribution < 1.29 is 18.7 Å². The molecule has 4 atom stereocenters. The summed E-state index contributed by atoms with van der Waals surface area (Å²) in [6.07, 6.45) is 4.58. The van der Waals surface area contributed by atoms with E-state index in [4.69, 9.17) is 13.9 Å². The van der Waals surface area contributed by atoms with Gasteiger partial charge in [-0.2, -0.15) is 0 Å². The summed E-state index contributed by atoms with van der Waals surface area (Å²) in [4.78, 5) is 13.0. The Morgan fingerprint density at radius 3 is 2.29 bits per heavy atom. The molecule has 1 aliphatic heterocycles. The van der Waals surface area contributed by atoms with Crippen LogP contribution in [0.5, 0.6) is 0 Å². The quantitative estimate of drug-likeness (QED) is 0.569. The lowest BCUT2D eigenvalue weighted by Gasteiger charge is -2.60. The van der Waals surface area contributed by atoms with E-state index in [-0.39, 0.29) is 34.2 Å². The van der Waals surface area contributed by atoms with Crippen molar-refractivity contribution in [2.75, 3.05) is 13.2 Å². The standard InChI is InChI=1S/C23H42O4Si/c1-21(2,3)28(7,8)27-19-11-12-23(6)16(15-20-25-13-14-26-20)17(24)9-10-18(23)22(19,4)5/h16,18-20H,9-15H2,1-8H3/t16-,18+,19+,23-/m1/s1. The van der Waals surface area contributed by atoms with E-state index in [2.05, 4.69) is 54.6 Å². The van der Waals surface area contributed by atoms with Crippen LogP contribution in [-0.4, -0.2) is 39.7 Å². The monoisotopic (exact) mass is 410 g/mol. The summed E-state index contributed by atoms with van der Waals surface area (Å²) in [5.74, 6) is 0.951. The molecule has 0 radical (unpaired) electrons. The van der Waals surface area contributed by atoms with Crippen molar-refractivity contribution in [1.29, 1.82) is 0 Å².